The zero-order valence-corrected chi connectivity index (χ0v) is 12.0. The van der Waals surface area contributed by atoms with Crippen molar-refractivity contribution in [2.45, 2.75) is 32.7 Å². The highest BCUT2D eigenvalue weighted by atomic mass is 32.2. The van der Waals surface area contributed by atoms with Gasteiger partial charge in [0.05, 0.1) is 5.04 Å². The van der Waals surface area contributed by atoms with Crippen LogP contribution >= 0.6 is 24.0 Å². The second kappa shape index (κ2) is 6.17. The molecule has 1 rings (SSSR count). The van der Waals surface area contributed by atoms with Gasteiger partial charge in [-0.05, 0) is 38.1 Å². The molecule has 1 aromatic carbocycles. The van der Waals surface area contributed by atoms with Gasteiger partial charge in [0.15, 0.2) is 0 Å². The Morgan fingerprint density at radius 3 is 2.41 bits per heavy atom. The van der Waals surface area contributed by atoms with Crippen LogP contribution in [0.5, 0.6) is 0 Å². The second-order valence-electron chi connectivity index (χ2n) is 4.85. The molecule has 0 aliphatic rings. The number of benzene rings is 1. The first kappa shape index (κ1) is 14.2. The van der Waals surface area contributed by atoms with E-state index in [4.69, 9.17) is 17.6 Å². The fourth-order valence-electron chi connectivity index (χ4n) is 1.26. The topological polar surface area (TPSA) is 35.9 Å². The highest BCUT2D eigenvalue weighted by Crippen LogP contribution is 2.12. The van der Waals surface area contributed by atoms with E-state index in [0.29, 0.717) is 15.8 Å². The van der Waals surface area contributed by atoms with Crippen LogP contribution in [-0.2, 0) is 6.42 Å². The maximum Gasteiger partial charge on any atom is 0.140 e. The third-order valence-corrected chi connectivity index (χ3v) is 2.93. The number of hydrogen-bond donors (Lipinski definition) is 2. The van der Waals surface area contributed by atoms with E-state index < -0.39 is 0 Å². The van der Waals surface area contributed by atoms with Gasteiger partial charge < -0.3 is 5.32 Å². The molecule has 0 radical (unpaired) electrons. The number of hydrogen-bond acceptors (Lipinski definition) is 3. The molecular weight excluding hydrogens is 248 g/mol. The third-order valence-electron chi connectivity index (χ3n) is 1.90. The number of thiocarbonyl (C=S) groups is 1. The highest BCUT2D eigenvalue weighted by Gasteiger charge is 2.13. The van der Waals surface area contributed by atoms with Crippen molar-refractivity contribution in [3.8, 4) is 0 Å². The summed E-state index contributed by atoms with van der Waals surface area (Å²) in [6.45, 7) is 6.17. The van der Waals surface area contributed by atoms with Gasteiger partial charge in [-0.15, -0.1) is 0 Å². The lowest BCUT2D eigenvalue weighted by atomic mass is 10.1. The molecule has 0 saturated carbocycles. The molecule has 0 fully saturated rings. The summed E-state index contributed by atoms with van der Waals surface area (Å²) in [4.78, 5) is 0. The Kier molecular flexibility index (Phi) is 5.15. The van der Waals surface area contributed by atoms with Crippen LogP contribution in [0.25, 0.3) is 0 Å². The number of rotatable bonds is 2. The van der Waals surface area contributed by atoms with Gasteiger partial charge in [0, 0.05) is 12.0 Å². The highest BCUT2D eigenvalue weighted by molar-refractivity contribution is 8.32. The third kappa shape index (κ3) is 6.44. The van der Waals surface area contributed by atoms with Gasteiger partial charge in [-0.25, -0.2) is 0 Å². The van der Waals surface area contributed by atoms with Crippen LogP contribution in [0.15, 0.2) is 30.3 Å². The Hall–Kier alpha value is -0.870. The molecule has 0 bridgehead atoms. The Morgan fingerprint density at radius 1 is 1.29 bits per heavy atom. The summed E-state index contributed by atoms with van der Waals surface area (Å²) in [5, 5.41) is 11.7. The van der Waals surface area contributed by atoms with Crippen molar-refractivity contribution in [1.29, 1.82) is 5.41 Å². The van der Waals surface area contributed by atoms with E-state index in [0.717, 1.165) is 5.56 Å². The van der Waals surface area contributed by atoms with Crippen LogP contribution in [0.1, 0.15) is 26.3 Å². The van der Waals surface area contributed by atoms with Crippen molar-refractivity contribution in [1.82, 2.24) is 5.32 Å². The van der Waals surface area contributed by atoms with Crippen molar-refractivity contribution < 1.29 is 0 Å². The summed E-state index contributed by atoms with van der Waals surface area (Å²) in [6, 6.07) is 9.99. The quantitative estimate of drug-likeness (QED) is 0.487. The Bertz CT molecular complexity index is 394. The smallest absolute Gasteiger partial charge is 0.140 e. The van der Waals surface area contributed by atoms with Crippen LogP contribution < -0.4 is 5.32 Å². The van der Waals surface area contributed by atoms with Crippen molar-refractivity contribution in [2.75, 3.05) is 0 Å². The molecule has 0 amide bonds. The van der Waals surface area contributed by atoms with Crippen LogP contribution in [0, 0.1) is 5.41 Å². The first-order valence-electron chi connectivity index (χ1n) is 5.48. The fraction of sp³-hybridized carbons (Fsp3) is 0.385. The van der Waals surface area contributed by atoms with Crippen molar-refractivity contribution in [3.63, 3.8) is 0 Å². The molecule has 0 spiro atoms. The van der Waals surface area contributed by atoms with E-state index in [9.17, 15) is 0 Å². The van der Waals surface area contributed by atoms with Crippen molar-refractivity contribution >= 4 is 33.3 Å². The molecule has 0 aromatic heterocycles. The van der Waals surface area contributed by atoms with E-state index in [-0.39, 0.29) is 5.54 Å². The Morgan fingerprint density at radius 2 is 1.88 bits per heavy atom. The van der Waals surface area contributed by atoms with Gasteiger partial charge in [0.1, 0.15) is 4.32 Å². The molecule has 17 heavy (non-hydrogen) atoms. The molecule has 0 unspecified atom stereocenters. The minimum Gasteiger partial charge on any atom is -0.366 e. The van der Waals surface area contributed by atoms with E-state index in [2.05, 4.69) is 26.1 Å². The Balaban J connectivity index is 2.43. The summed E-state index contributed by atoms with van der Waals surface area (Å²) in [5.74, 6) is 0. The average molecular weight is 266 g/mol. The standard InChI is InChI=1S/C13H18N2S2/c1-13(2,3)15-12(16)17-11(14)9-10-7-5-4-6-8-10/h4-8,14H,9H2,1-3H3,(H,15,16). The van der Waals surface area contributed by atoms with Gasteiger partial charge in [0.2, 0.25) is 0 Å². The van der Waals surface area contributed by atoms with Gasteiger partial charge in [0.25, 0.3) is 0 Å². The first-order chi connectivity index (χ1) is 7.87. The van der Waals surface area contributed by atoms with Crippen LogP contribution in [-0.4, -0.2) is 14.9 Å². The molecule has 0 saturated heterocycles. The maximum absolute atomic E-state index is 7.90. The predicted octanol–water partition coefficient (Wildman–Crippen LogP) is 3.61. The largest absolute Gasteiger partial charge is 0.366 e. The van der Waals surface area contributed by atoms with Gasteiger partial charge >= 0.3 is 0 Å². The second-order valence-corrected chi connectivity index (χ2v) is 6.62. The Labute approximate surface area is 113 Å². The number of nitrogens with one attached hydrogen (secondary N) is 2. The summed E-state index contributed by atoms with van der Waals surface area (Å²) in [6.07, 6.45) is 0.636. The van der Waals surface area contributed by atoms with E-state index >= 15 is 0 Å². The first-order valence-corrected chi connectivity index (χ1v) is 6.70. The molecule has 0 heterocycles. The average Bonchev–Trinajstić information content (AvgIpc) is 2.15. The molecule has 0 aliphatic carbocycles. The SMILES string of the molecule is CC(C)(C)NC(=S)SC(=N)Cc1ccccc1. The molecule has 1 aromatic rings. The fourth-order valence-corrected chi connectivity index (χ4v) is 2.69. The molecule has 0 aliphatic heterocycles. The minimum absolute atomic E-state index is 0.0445. The molecule has 92 valence electrons. The van der Waals surface area contributed by atoms with E-state index in [1.165, 1.54) is 11.8 Å². The van der Waals surface area contributed by atoms with Crippen LogP contribution in [0.4, 0.5) is 0 Å². The van der Waals surface area contributed by atoms with Gasteiger partial charge in [-0.3, -0.25) is 5.41 Å². The lowest BCUT2D eigenvalue weighted by molar-refractivity contribution is 0.519. The summed E-state index contributed by atoms with van der Waals surface area (Å²) < 4.78 is 0.665. The van der Waals surface area contributed by atoms with Gasteiger partial charge in [-0.2, -0.15) is 0 Å². The lowest BCUT2D eigenvalue weighted by Gasteiger charge is -2.22. The zero-order valence-electron chi connectivity index (χ0n) is 10.4. The summed E-state index contributed by atoms with van der Waals surface area (Å²) in [7, 11) is 0. The monoisotopic (exact) mass is 266 g/mol. The molecule has 4 heteroatoms. The molecular formula is C13H18N2S2. The van der Waals surface area contributed by atoms with Crippen LogP contribution in [0.3, 0.4) is 0 Å². The maximum atomic E-state index is 7.90. The minimum atomic E-state index is -0.0445. The normalized spacial score (nSPS) is 11.0. The number of thioether (sulfide) groups is 1. The van der Waals surface area contributed by atoms with Crippen LogP contribution in [0.2, 0.25) is 0 Å². The van der Waals surface area contributed by atoms with E-state index in [1.54, 1.807) is 0 Å². The molecule has 2 nitrogen and oxygen atoms in total. The summed E-state index contributed by atoms with van der Waals surface area (Å²) in [5.41, 5.74) is 1.10. The molecule has 0 atom stereocenters. The van der Waals surface area contributed by atoms with Crippen molar-refractivity contribution in [2.24, 2.45) is 0 Å². The molecule has 2 N–H and O–H groups in total. The summed E-state index contributed by atoms with van der Waals surface area (Å²) >= 11 is 6.53. The van der Waals surface area contributed by atoms with Gasteiger partial charge in [-0.1, -0.05) is 42.5 Å². The zero-order chi connectivity index (χ0) is 12.9. The lowest BCUT2D eigenvalue weighted by Crippen LogP contribution is -2.38. The predicted molar refractivity (Wildman–Crippen MR) is 81.0 cm³/mol. The van der Waals surface area contributed by atoms with Crippen molar-refractivity contribution in [3.05, 3.63) is 35.9 Å². The van der Waals surface area contributed by atoms with E-state index in [1.807, 2.05) is 30.3 Å².